The summed E-state index contributed by atoms with van der Waals surface area (Å²) >= 11 is 7.02. The molecule has 0 saturated carbocycles. The maximum atomic E-state index is 13.6. The van der Waals surface area contributed by atoms with Crippen LogP contribution in [0.2, 0.25) is 5.02 Å². The number of hydrogen-bond donors (Lipinski definition) is 1. The summed E-state index contributed by atoms with van der Waals surface area (Å²) in [5, 5.41) is 1.96. The Morgan fingerprint density at radius 1 is 1.21 bits per heavy atom. The molecule has 102 valence electrons. The van der Waals surface area contributed by atoms with Gasteiger partial charge >= 0.3 is 6.18 Å². The summed E-state index contributed by atoms with van der Waals surface area (Å²) in [4.78, 5) is 0.430. The highest BCUT2D eigenvalue weighted by molar-refractivity contribution is 7.10. The number of rotatable bonds is 2. The fourth-order valence-corrected chi connectivity index (χ4v) is 2.82. The first-order valence-electron chi connectivity index (χ1n) is 5.16. The van der Waals surface area contributed by atoms with Crippen LogP contribution in [0.4, 0.5) is 17.6 Å². The van der Waals surface area contributed by atoms with Gasteiger partial charge in [-0.3, -0.25) is 0 Å². The van der Waals surface area contributed by atoms with Crippen LogP contribution in [0.3, 0.4) is 0 Å². The Kier molecular flexibility index (Phi) is 3.85. The second kappa shape index (κ2) is 5.11. The van der Waals surface area contributed by atoms with Gasteiger partial charge in [0, 0.05) is 10.4 Å². The van der Waals surface area contributed by atoms with Crippen LogP contribution in [0.15, 0.2) is 29.6 Å². The monoisotopic (exact) mass is 309 g/mol. The lowest BCUT2D eigenvalue weighted by Gasteiger charge is -2.15. The van der Waals surface area contributed by atoms with Gasteiger partial charge in [0.05, 0.1) is 16.6 Å². The predicted molar refractivity (Wildman–Crippen MR) is 66.8 cm³/mol. The number of alkyl halides is 3. The van der Waals surface area contributed by atoms with Crippen molar-refractivity contribution in [2.24, 2.45) is 5.73 Å². The van der Waals surface area contributed by atoms with Gasteiger partial charge in [-0.25, -0.2) is 4.39 Å². The Bertz CT molecular complexity index is 594. The summed E-state index contributed by atoms with van der Waals surface area (Å²) in [5.74, 6) is -0.787. The fourth-order valence-electron chi connectivity index (χ4n) is 1.63. The van der Waals surface area contributed by atoms with Crippen molar-refractivity contribution in [2.45, 2.75) is 12.2 Å². The summed E-state index contributed by atoms with van der Waals surface area (Å²) < 4.78 is 51.4. The van der Waals surface area contributed by atoms with Crippen LogP contribution in [0.5, 0.6) is 0 Å². The average molecular weight is 310 g/mol. The number of halogens is 5. The third kappa shape index (κ3) is 2.91. The molecule has 1 nitrogen and oxygen atoms in total. The van der Waals surface area contributed by atoms with E-state index in [-0.39, 0.29) is 5.56 Å². The Hall–Kier alpha value is -1.11. The van der Waals surface area contributed by atoms with E-state index in [4.69, 9.17) is 17.3 Å². The van der Waals surface area contributed by atoms with Gasteiger partial charge in [-0.05, 0) is 29.6 Å². The van der Waals surface area contributed by atoms with Gasteiger partial charge in [-0.2, -0.15) is 13.2 Å². The molecule has 2 aromatic rings. The fraction of sp³-hybridized carbons (Fsp3) is 0.167. The van der Waals surface area contributed by atoms with E-state index in [0.29, 0.717) is 16.0 Å². The van der Waals surface area contributed by atoms with Crippen LogP contribution in [-0.2, 0) is 6.18 Å². The highest BCUT2D eigenvalue weighted by atomic mass is 35.5. The third-order valence-electron chi connectivity index (χ3n) is 2.59. The zero-order valence-electron chi connectivity index (χ0n) is 9.34. The van der Waals surface area contributed by atoms with Crippen molar-refractivity contribution in [1.29, 1.82) is 0 Å². The molecule has 0 aliphatic carbocycles. The molecule has 0 amide bonds. The maximum absolute atomic E-state index is 13.6. The van der Waals surface area contributed by atoms with E-state index in [9.17, 15) is 17.6 Å². The molecule has 19 heavy (non-hydrogen) atoms. The summed E-state index contributed by atoms with van der Waals surface area (Å²) in [6.07, 6.45) is -4.54. The highest BCUT2D eigenvalue weighted by Crippen LogP contribution is 2.35. The SMILES string of the molecule is NC(c1cc(C(F)(F)F)ccc1F)c1sccc1Cl. The second-order valence-corrected chi connectivity index (χ2v) is 5.20. The Morgan fingerprint density at radius 3 is 2.42 bits per heavy atom. The van der Waals surface area contributed by atoms with Crippen molar-refractivity contribution in [3.05, 3.63) is 56.5 Å². The van der Waals surface area contributed by atoms with Crippen molar-refractivity contribution in [3.63, 3.8) is 0 Å². The van der Waals surface area contributed by atoms with E-state index < -0.39 is 23.6 Å². The van der Waals surface area contributed by atoms with E-state index in [1.807, 2.05) is 0 Å². The molecule has 2 N–H and O–H groups in total. The van der Waals surface area contributed by atoms with Crippen molar-refractivity contribution in [1.82, 2.24) is 0 Å². The molecule has 0 aliphatic heterocycles. The molecule has 0 spiro atoms. The molecule has 0 saturated heterocycles. The lowest BCUT2D eigenvalue weighted by Crippen LogP contribution is -2.15. The van der Waals surface area contributed by atoms with Gasteiger partial charge in [-0.15, -0.1) is 11.3 Å². The van der Waals surface area contributed by atoms with Gasteiger partial charge in [0.15, 0.2) is 0 Å². The molecule has 0 aliphatic rings. The van der Waals surface area contributed by atoms with Crippen molar-refractivity contribution in [3.8, 4) is 0 Å². The van der Waals surface area contributed by atoms with Gasteiger partial charge in [0.1, 0.15) is 5.82 Å². The van der Waals surface area contributed by atoms with Crippen LogP contribution in [0.1, 0.15) is 22.0 Å². The summed E-state index contributed by atoms with van der Waals surface area (Å²) in [6.45, 7) is 0. The number of thiophene rings is 1. The third-order valence-corrected chi connectivity index (χ3v) is 4.03. The summed E-state index contributed by atoms with van der Waals surface area (Å²) in [7, 11) is 0. The molecular weight excluding hydrogens is 302 g/mol. The highest BCUT2D eigenvalue weighted by Gasteiger charge is 2.32. The molecule has 1 aromatic carbocycles. The lowest BCUT2D eigenvalue weighted by molar-refractivity contribution is -0.137. The van der Waals surface area contributed by atoms with Crippen LogP contribution in [0, 0.1) is 5.82 Å². The van der Waals surface area contributed by atoms with Gasteiger partial charge in [0.25, 0.3) is 0 Å². The van der Waals surface area contributed by atoms with Gasteiger partial charge in [0.2, 0.25) is 0 Å². The topological polar surface area (TPSA) is 26.0 Å². The Labute approximate surface area is 115 Å². The largest absolute Gasteiger partial charge is 0.416 e. The van der Waals surface area contributed by atoms with E-state index in [2.05, 4.69) is 0 Å². The zero-order chi connectivity index (χ0) is 14.2. The van der Waals surface area contributed by atoms with Crippen LogP contribution in [-0.4, -0.2) is 0 Å². The number of hydrogen-bond acceptors (Lipinski definition) is 2. The smallest absolute Gasteiger partial charge is 0.319 e. The van der Waals surface area contributed by atoms with Crippen LogP contribution >= 0.6 is 22.9 Å². The second-order valence-electron chi connectivity index (χ2n) is 3.84. The molecule has 2 rings (SSSR count). The number of benzene rings is 1. The normalized spacial score (nSPS) is 13.6. The molecule has 0 bridgehead atoms. The molecule has 0 fully saturated rings. The minimum Gasteiger partial charge on any atom is -0.319 e. The quantitative estimate of drug-likeness (QED) is 0.806. The lowest BCUT2D eigenvalue weighted by atomic mass is 10.0. The van der Waals surface area contributed by atoms with E-state index >= 15 is 0 Å². The summed E-state index contributed by atoms with van der Waals surface area (Å²) in [6, 6.07) is 2.71. The molecule has 1 aromatic heterocycles. The van der Waals surface area contributed by atoms with E-state index in [1.165, 1.54) is 11.3 Å². The number of nitrogens with two attached hydrogens (primary N) is 1. The molecular formula is C12H8ClF4NS. The molecule has 0 radical (unpaired) electrons. The van der Waals surface area contributed by atoms with Crippen molar-refractivity contribution >= 4 is 22.9 Å². The minimum absolute atomic E-state index is 0.223. The van der Waals surface area contributed by atoms with Crippen LogP contribution in [0.25, 0.3) is 0 Å². The summed E-state index contributed by atoms with van der Waals surface area (Å²) in [5.41, 5.74) is 4.63. The maximum Gasteiger partial charge on any atom is 0.416 e. The average Bonchev–Trinajstić information content (AvgIpc) is 2.73. The Balaban J connectivity index is 2.47. The predicted octanol–water partition coefficient (Wildman–Crippen LogP) is 4.61. The zero-order valence-corrected chi connectivity index (χ0v) is 10.9. The minimum atomic E-state index is -4.54. The molecule has 1 atom stereocenters. The van der Waals surface area contributed by atoms with E-state index in [0.717, 1.165) is 12.1 Å². The van der Waals surface area contributed by atoms with Crippen molar-refractivity contribution in [2.75, 3.05) is 0 Å². The molecule has 1 heterocycles. The van der Waals surface area contributed by atoms with Crippen LogP contribution < -0.4 is 5.73 Å². The van der Waals surface area contributed by atoms with Gasteiger partial charge < -0.3 is 5.73 Å². The first-order valence-corrected chi connectivity index (χ1v) is 6.41. The van der Waals surface area contributed by atoms with Gasteiger partial charge in [-0.1, -0.05) is 11.6 Å². The first kappa shape index (κ1) is 14.3. The van der Waals surface area contributed by atoms with Crippen molar-refractivity contribution < 1.29 is 17.6 Å². The standard InChI is InChI=1S/C12H8ClF4NS/c13-8-3-4-19-11(8)10(18)7-5-6(12(15,16)17)1-2-9(7)14/h1-5,10H,18H2. The first-order chi connectivity index (χ1) is 8.80. The Morgan fingerprint density at radius 2 is 1.89 bits per heavy atom. The molecule has 1 unspecified atom stereocenters. The van der Waals surface area contributed by atoms with E-state index in [1.54, 1.807) is 11.4 Å². The molecule has 7 heteroatoms.